The van der Waals surface area contributed by atoms with Gasteiger partial charge < -0.3 is 20.1 Å². The van der Waals surface area contributed by atoms with E-state index in [4.69, 9.17) is 21.7 Å². The van der Waals surface area contributed by atoms with Gasteiger partial charge in [0.15, 0.2) is 10.6 Å². The normalized spacial score (nSPS) is 10.6. The van der Waals surface area contributed by atoms with Crippen molar-refractivity contribution in [2.24, 2.45) is 0 Å². The van der Waals surface area contributed by atoms with Crippen molar-refractivity contribution >= 4 is 35.4 Å². The first-order valence-electron chi connectivity index (χ1n) is 10.5. The predicted octanol–water partition coefficient (Wildman–Crippen LogP) is 3.10. The molecule has 2 aromatic carbocycles. The lowest BCUT2D eigenvalue weighted by molar-refractivity contribution is -0.117. The molecule has 0 saturated carbocycles. The van der Waals surface area contributed by atoms with E-state index in [9.17, 15) is 9.59 Å². The van der Waals surface area contributed by atoms with Gasteiger partial charge in [0.25, 0.3) is 0 Å². The highest BCUT2D eigenvalue weighted by molar-refractivity contribution is 7.71. The Labute approximate surface area is 205 Å². The van der Waals surface area contributed by atoms with Gasteiger partial charge in [-0.25, -0.2) is 0 Å². The zero-order valence-electron chi connectivity index (χ0n) is 19.0. The van der Waals surface area contributed by atoms with E-state index in [1.165, 1.54) is 10.9 Å². The lowest BCUT2D eigenvalue weighted by Gasteiger charge is -2.08. The molecule has 0 saturated heterocycles. The van der Waals surface area contributed by atoms with Gasteiger partial charge >= 0.3 is 0 Å². The third kappa shape index (κ3) is 5.92. The Hall–Kier alpha value is -4.45. The second kappa shape index (κ2) is 10.7. The Morgan fingerprint density at radius 1 is 0.914 bits per heavy atom. The molecular formula is C23H23N7O4S. The predicted molar refractivity (Wildman–Crippen MR) is 132 cm³/mol. The number of amides is 2. The zero-order chi connectivity index (χ0) is 24.8. The van der Waals surface area contributed by atoms with E-state index in [0.717, 1.165) is 5.56 Å². The number of hydrogen-bond acceptors (Lipinski definition) is 7. The minimum absolute atomic E-state index is 0.0176. The molecule has 0 unspecified atom stereocenters. The van der Waals surface area contributed by atoms with E-state index in [1.54, 1.807) is 61.4 Å². The number of aromatic nitrogens is 5. The third-order valence-electron chi connectivity index (χ3n) is 5.00. The highest BCUT2D eigenvalue weighted by Gasteiger charge is 2.14. The van der Waals surface area contributed by atoms with E-state index in [-0.39, 0.29) is 24.9 Å². The molecule has 12 heteroatoms. The van der Waals surface area contributed by atoms with Crippen LogP contribution in [-0.4, -0.2) is 50.6 Å². The SMILES string of the molecule is COc1ccc(NC(=O)Cn2cc(NC(=O)Cn3c(-c4ccc(OC)cc4)n[nH]c3=S)cn2)cc1. The molecular weight excluding hydrogens is 470 g/mol. The molecule has 4 aromatic rings. The molecule has 0 spiro atoms. The van der Waals surface area contributed by atoms with Crippen molar-refractivity contribution in [3.05, 3.63) is 65.7 Å². The summed E-state index contributed by atoms with van der Waals surface area (Å²) in [5.74, 6) is 1.35. The summed E-state index contributed by atoms with van der Waals surface area (Å²) in [6.07, 6.45) is 3.04. The van der Waals surface area contributed by atoms with E-state index in [0.29, 0.717) is 33.5 Å². The summed E-state index contributed by atoms with van der Waals surface area (Å²) < 4.78 is 13.6. The van der Waals surface area contributed by atoms with Crippen LogP contribution in [-0.2, 0) is 22.7 Å². The topological polar surface area (TPSA) is 128 Å². The lowest BCUT2D eigenvalue weighted by Crippen LogP contribution is -2.20. The van der Waals surface area contributed by atoms with Crippen molar-refractivity contribution in [2.45, 2.75) is 13.1 Å². The van der Waals surface area contributed by atoms with Gasteiger partial charge in [-0.1, -0.05) is 0 Å². The maximum absolute atomic E-state index is 12.7. The average Bonchev–Trinajstić information content (AvgIpc) is 3.45. The fourth-order valence-electron chi connectivity index (χ4n) is 3.31. The molecule has 2 heterocycles. The highest BCUT2D eigenvalue weighted by atomic mass is 32.1. The number of H-pyrrole nitrogens is 1. The molecule has 180 valence electrons. The number of benzene rings is 2. The molecule has 0 bridgehead atoms. The van der Waals surface area contributed by atoms with Crippen molar-refractivity contribution in [1.82, 2.24) is 24.5 Å². The van der Waals surface area contributed by atoms with Gasteiger partial charge in [-0.2, -0.15) is 10.2 Å². The standard InChI is InChI=1S/C23H23N7O4S/c1-33-18-7-3-15(4-8-18)22-27-28-23(35)30(22)14-21(32)26-17-11-24-29(12-17)13-20(31)25-16-5-9-19(34-2)10-6-16/h3-12H,13-14H2,1-2H3,(H,25,31)(H,26,32)(H,28,35). The molecule has 0 aliphatic rings. The van der Waals surface area contributed by atoms with Crippen LogP contribution in [0.15, 0.2) is 60.9 Å². The maximum Gasteiger partial charge on any atom is 0.246 e. The van der Waals surface area contributed by atoms with E-state index < -0.39 is 0 Å². The second-order valence-electron chi connectivity index (χ2n) is 7.42. The number of nitrogens with zero attached hydrogens (tertiary/aromatic N) is 4. The quantitative estimate of drug-likeness (QED) is 0.306. The summed E-state index contributed by atoms with van der Waals surface area (Å²) in [6.45, 7) is -0.0733. The number of ether oxygens (including phenoxy) is 2. The summed E-state index contributed by atoms with van der Waals surface area (Å²) in [6, 6.07) is 14.3. The Morgan fingerprint density at radius 2 is 1.51 bits per heavy atom. The average molecular weight is 494 g/mol. The first-order valence-corrected chi connectivity index (χ1v) is 10.9. The van der Waals surface area contributed by atoms with Gasteiger partial charge in [0, 0.05) is 17.4 Å². The van der Waals surface area contributed by atoms with Gasteiger partial charge in [0.1, 0.15) is 24.6 Å². The van der Waals surface area contributed by atoms with Crippen molar-refractivity contribution in [2.75, 3.05) is 24.9 Å². The van der Waals surface area contributed by atoms with Gasteiger partial charge in [0.2, 0.25) is 11.8 Å². The fourth-order valence-corrected chi connectivity index (χ4v) is 3.50. The number of aromatic amines is 1. The van der Waals surface area contributed by atoms with E-state index in [1.807, 2.05) is 12.1 Å². The molecule has 0 atom stereocenters. The van der Waals surface area contributed by atoms with Crippen molar-refractivity contribution in [3.63, 3.8) is 0 Å². The number of rotatable bonds is 9. The van der Waals surface area contributed by atoms with Crippen LogP contribution in [0.4, 0.5) is 11.4 Å². The molecule has 0 fully saturated rings. The van der Waals surface area contributed by atoms with E-state index in [2.05, 4.69) is 25.9 Å². The molecule has 2 aromatic heterocycles. The van der Waals surface area contributed by atoms with Crippen LogP contribution in [0.5, 0.6) is 11.5 Å². The van der Waals surface area contributed by atoms with Crippen LogP contribution in [0.1, 0.15) is 0 Å². The highest BCUT2D eigenvalue weighted by Crippen LogP contribution is 2.21. The van der Waals surface area contributed by atoms with Crippen LogP contribution in [0, 0.1) is 4.77 Å². The first-order chi connectivity index (χ1) is 16.9. The van der Waals surface area contributed by atoms with Crippen LogP contribution < -0.4 is 20.1 Å². The van der Waals surface area contributed by atoms with Gasteiger partial charge in [-0.05, 0) is 60.7 Å². The summed E-state index contributed by atoms with van der Waals surface area (Å²) in [7, 11) is 3.16. The number of methoxy groups -OCH3 is 2. The van der Waals surface area contributed by atoms with Crippen LogP contribution in [0.2, 0.25) is 0 Å². The maximum atomic E-state index is 12.7. The number of carbonyl (C=O) groups is 2. The van der Waals surface area contributed by atoms with Crippen LogP contribution in [0.25, 0.3) is 11.4 Å². The molecule has 2 amide bonds. The minimum atomic E-state index is -0.320. The summed E-state index contributed by atoms with van der Waals surface area (Å²) in [4.78, 5) is 25.0. The summed E-state index contributed by atoms with van der Waals surface area (Å²) >= 11 is 5.30. The molecule has 0 aliphatic heterocycles. The smallest absolute Gasteiger partial charge is 0.246 e. The monoisotopic (exact) mass is 493 g/mol. The Kier molecular flexibility index (Phi) is 7.21. The number of hydrogen-bond donors (Lipinski definition) is 3. The van der Waals surface area contributed by atoms with Gasteiger partial charge in [-0.3, -0.25) is 23.9 Å². The number of nitrogens with one attached hydrogen (secondary N) is 3. The molecule has 11 nitrogen and oxygen atoms in total. The second-order valence-corrected chi connectivity index (χ2v) is 7.81. The summed E-state index contributed by atoms with van der Waals surface area (Å²) in [5, 5.41) is 16.6. The van der Waals surface area contributed by atoms with Crippen LogP contribution >= 0.6 is 12.2 Å². The Morgan fingerprint density at radius 3 is 2.17 bits per heavy atom. The Balaban J connectivity index is 1.36. The first kappa shape index (κ1) is 23.7. The Bertz CT molecular complexity index is 1370. The zero-order valence-corrected chi connectivity index (χ0v) is 19.8. The van der Waals surface area contributed by atoms with Crippen molar-refractivity contribution in [3.8, 4) is 22.9 Å². The van der Waals surface area contributed by atoms with E-state index >= 15 is 0 Å². The molecule has 35 heavy (non-hydrogen) atoms. The summed E-state index contributed by atoms with van der Waals surface area (Å²) in [5.41, 5.74) is 1.87. The number of anilines is 2. The molecule has 0 radical (unpaired) electrons. The van der Waals surface area contributed by atoms with Crippen LogP contribution in [0.3, 0.4) is 0 Å². The molecule has 3 N–H and O–H groups in total. The minimum Gasteiger partial charge on any atom is -0.497 e. The number of carbonyl (C=O) groups excluding carboxylic acids is 2. The molecule has 0 aliphatic carbocycles. The van der Waals surface area contributed by atoms with Crippen molar-refractivity contribution in [1.29, 1.82) is 0 Å². The van der Waals surface area contributed by atoms with Crippen molar-refractivity contribution < 1.29 is 19.1 Å². The lowest BCUT2D eigenvalue weighted by atomic mass is 10.2. The molecule has 4 rings (SSSR count). The largest absolute Gasteiger partial charge is 0.497 e. The van der Waals surface area contributed by atoms with Gasteiger partial charge in [-0.15, -0.1) is 0 Å². The van der Waals surface area contributed by atoms with Gasteiger partial charge in [0.05, 0.1) is 26.1 Å². The fraction of sp³-hybridized carbons (Fsp3) is 0.174. The third-order valence-corrected chi connectivity index (χ3v) is 5.32.